The number of imidazole rings is 1. The standard InChI is InChI=1S/C18H21N5O3/c1-11-9-22(12-6-5-7-13(8-12)26-4)17-19-15-14(23(17)10-11)16(24)21(3)18(25)20(15)2/h5-8,11H,9-10H2,1-4H3/t11-/m0/s1. The van der Waals surface area contributed by atoms with Crippen molar-refractivity contribution in [2.45, 2.75) is 13.5 Å². The average molecular weight is 355 g/mol. The fourth-order valence-corrected chi connectivity index (χ4v) is 3.58. The maximum atomic E-state index is 12.7. The van der Waals surface area contributed by atoms with E-state index in [2.05, 4.69) is 16.8 Å². The predicted molar refractivity (Wildman–Crippen MR) is 99.4 cm³/mol. The van der Waals surface area contributed by atoms with Gasteiger partial charge in [-0.15, -0.1) is 0 Å². The minimum absolute atomic E-state index is 0.313. The van der Waals surface area contributed by atoms with Crippen LogP contribution in [0.3, 0.4) is 0 Å². The molecular formula is C18H21N5O3. The van der Waals surface area contributed by atoms with Crippen molar-refractivity contribution in [3.05, 3.63) is 45.1 Å². The Balaban J connectivity index is 2.01. The number of hydrogen-bond acceptors (Lipinski definition) is 5. The summed E-state index contributed by atoms with van der Waals surface area (Å²) in [5.74, 6) is 1.74. The normalized spacial score (nSPS) is 16.8. The largest absolute Gasteiger partial charge is 0.497 e. The molecule has 0 saturated heterocycles. The van der Waals surface area contributed by atoms with E-state index in [1.807, 2.05) is 28.8 Å². The lowest BCUT2D eigenvalue weighted by Crippen LogP contribution is -2.38. The smallest absolute Gasteiger partial charge is 0.332 e. The molecule has 8 heteroatoms. The number of rotatable bonds is 2. The molecule has 2 aromatic heterocycles. The van der Waals surface area contributed by atoms with Gasteiger partial charge in [-0.05, 0) is 18.1 Å². The zero-order valence-corrected chi connectivity index (χ0v) is 15.3. The third kappa shape index (κ3) is 2.25. The van der Waals surface area contributed by atoms with E-state index in [4.69, 9.17) is 4.74 Å². The lowest BCUT2D eigenvalue weighted by Gasteiger charge is -2.33. The van der Waals surface area contributed by atoms with Gasteiger partial charge in [0.15, 0.2) is 11.2 Å². The first-order valence-corrected chi connectivity index (χ1v) is 8.50. The number of methoxy groups -OCH3 is 1. The van der Waals surface area contributed by atoms with Crippen LogP contribution in [0, 0.1) is 5.92 Å². The Morgan fingerprint density at radius 2 is 1.92 bits per heavy atom. The van der Waals surface area contributed by atoms with Gasteiger partial charge in [0.05, 0.1) is 7.11 Å². The summed E-state index contributed by atoms with van der Waals surface area (Å²) < 4.78 is 9.82. The van der Waals surface area contributed by atoms with Crippen LogP contribution in [-0.2, 0) is 20.6 Å². The highest BCUT2D eigenvalue weighted by molar-refractivity contribution is 5.77. The molecule has 0 fully saturated rings. The van der Waals surface area contributed by atoms with Gasteiger partial charge in [-0.25, -0.2) is 4.79 Å². The van der Waals surface area contributed by atoms with Crippen LogP contribution >= 0.6 is 0 Å². The molecule has 0 unspecified atom stereocenters. The lowest BCUT2D eigenvalue weighted by molar-refractivity contribution is 0.414. The monoisotopic (exact) mass is 355 g/mol. The van der Waals surface area contributed by atoms with Gasteiger partial charge in [-0.3, -0.25) is 13.9 Å². The van der Waals surface area contributed by atoms with E-state index in [1.165, 1.54) is 11.6 Å². The second kappa shape index (κ2) is 5.76. The van der Waals surface area contributed by atoms with E-state index in [9.17, 15) is 9.59 Å². The zero-order chi connectivity index (χ0) is 18.6. The van der Waals surface area contributed by atoms with E-state index >= 15 is 0 Å². The summed E-state index contributed by atoms with van der Waals surface area (Å²) in [6.07, 6.45) is 0. The van der Waals surface area contributed by atoms with Crippen LogP contribution in [-0.4, -0.2) is 32.3 Å². The topological polar surface area (TPSA) is 74.3 Å². The highest BCUT2D eigenvalue weighted by atomic mass is 16.5. The molecule has 3 heterocycles. The van der Waals surface area contributed by atoms with Gasteiger partial charge in [0.25, 0.3) is 5.56 Å². The highest BCUT2D eigenvalue weighted by Gasteiger charge is 2.29. The Bertz CT molecular complexity index is 1120. The van der Waals surface area contributed by atoms with Crippen LogP contribution in [0.25, 0.3) is 11.2 Å². The Hall–Kier alpha value is -3.03. The van der Waals surface area contributed by atoms with Crippen molar-refractivity contribution in [3.8, 4) is 5.75 Å². The molecule has 0 amide bonds. The highest BCUT2D eigenvalue weighted by Crippen LogP contribution is 2.34. The number of anilines is 2. The summed E-state index contributed by atoms with van der Waals surface area (Å²) in [6, 6.07) is 7.74. The van der Waals surface area contributed by atoms with Crippen LogP contribution < -0.4 is 20.9 Å². The van der Waals surface area contributed by atoms with Crippen LogP contribution in [0.4, 0.5) is 11.6 Å². The van der Waals surface area contributed by atoms with E-state index in [-0.39, 0.29) is 11.2 Å². The summed E-state index contributed by atoms with van der Waals surface area (Å²) in [4.78, 5) is 31.7. The van der Waals surface area contributed by atoms with Gasteiger partial charge in [0.1, 0.15) is 5.75 Å². The van der Waals surface area contributed by atoms with Gasteiger partial charge in [0.2, 0.25) is 5.95 Å². The summed E-state index contributed by atoms with van der Waals surface area (Å²) in [5, 5.41) is 0. The van der Waals surface area contributed by atoms with Crippen LogP contribution in [0.5, 0.6) is 5.75 Å². The number of benzene rings is 1. The maximum absolute atomic E-state index is 12.7. The SMILES string of the molecule is COc1cccc(N2C[C@H](C)Cn3c2nc2c3c(=O)n(C)c(=O)n2C)c1. The first-order chi connectivity index (χ1) is 12.4. The second-order valence-corrected chi connectivity index (χ2v) is 6.82. The molecule has 1 aliphatic rings. The number of fused-ring (bicyclic) bond motifs is 3. The Kier molecular flexibility index (Phi) is 3.64. The van der Waals surface area contributed by atoms with Crippen molar-refractivity contribution >= 4 is 22.8 Å². The minimum Gasteiger partial charge on any atom is -0.497 e. The third-order valence-corrected chi connectivity index (χ3v) is 4.92. The molecule has 1 aromatic carbocycles. The van der Waals surface area contributed by atoms with Crippen molar-refractivity contribution in [1.82, 2.24) is 18.7 Å². The first kappa shape index (κ1) is 16.4. The van der Waals surface area contributed by atoms with Crippen molar-refractivity contribution in [2.24, 2.45) is 20.0 Å². The molecule has 8 nitrogen and oxygen atoms in total. The molecule has 0 N–H and O–H groups in total. The Morgan fingerprint density at radius 3 is 2.65 bits per heavy atom. The first-order valence-electron chi connectivity index (χ1n) is 8.50. The fourth-order valence-electron chi connectivity index (χ4n) is 3.58. The Morgan fingerprint density at radius 1 is 1.15 bits per heavy atom. The van der Waals surface area contributed by atoms with E-state index in [0.29, 0.717) is 29.6 Å². The number of aromatic nitrogens is 4. The summed E-state index contributed by atoms with van der Waals surface area (Å²) in [7, 11) is 4.77. The summed E-state index contributed by atoms with van der Waals surface area (Å²) >= 11 is 0. The van der Waals surface area contributed by atoms with E-state index < -0.39 is 0 Å². The number of nitrogens with zero attached hydrogens (tertiary/aromatic N) is 5. The number of aryl methyl sites for hydroxylation is 1. The van der Waals surface area contributed by atoms with Crippen LogP contribution in [0.2, 0.25) is 0 Å². The number of ether oxygens (including phenoxy) is 1. The van der Waals surface area contributed by atoms with Gasteiger partial charge < -0.3 is 14.2 Å². The molecule has 0 radical (unpaired) electrons. The quantitative estimate of drug-likeness (QED) is 0.691. The Labute approximate surface area is 149 Å². The van der Waals surface area contributed by atoms with E-state index in [0.717, 1.165) is 22.5 Å². The van der Waals surface area contributed by atoms with Crippen LogP contribution in [0.15, 0.2) is 33.9 Å². The van der Waals surface area contributed by atoms with Crippen molar-refractivity contribution < 1.29 is 4.74 Å². The van der Waals surface area contributed by atoms with Crippen molar-refractivity contribution in [3.63, 3.8) is 0 Å². The van der Waals surface area contributed by atoms with Crippen LogP contribution in [0.1, 0.15) is 6.92 Å². The summed E-state index contributed by atoms with van der Waals surface area (Å²) in [6.45, 7) is 3.58. The zero-order valence-electron chi connectivity index (χ0n) is 15.3. The molecular weight excluding hydrogens is 334 g/mol. The molecule has 3 aromatic rings. The molecule has 0 saturated carbocycles. The molecule has 1 atom stereocenters. The molecule has 136 valence electrons. The van der Waals surface area contributed by atoms with Gasteiger partial charge >= 0.3 is 5.69 Å². The lowest BCUT2D eigenvalue weighted by atomic mass is 10.1. The fraction of sp³-hybridized carbons (Fsp3) is 0.389. The molecule has 4 rings (SSSR count). The van der Waals surface area contributed by atoms with Gasteiger partial charge in [0, 0.05) is 38.9 Å². The predicted octanol–water partition coefficient (Wildman–Crippen LogP) is 1.23. The third-order valence-electron chi connectivity index (χ3n) is 4.92. The summed E-state index contributed by atoms with van der Waals surface area (Å²) in [5.41, 5.74) is 1.12. The number of hydrogen-bond donors (Lipinski definition) is 0. The molecule has 0 bridgehead atoms. The van der Waals surface area contributed by atoms with Gasteiger partial charge in [-0.2, -0.15) is 4.98 Å². The van der Waals surface area contributed by atoms with E-state index in [1.54, 1.807) is 14.2 Å². The molecule has 0 spiro atoms. The molecule has 0 aliphatic carbocycles. The molecule has 26 heavy (non-hydrogen) atoms. The van der Waals surface area contributed by atoms with Crippen molar-refractivity contribution in [2.75, 3.05) is 18.6 Å². The minimum atomic E-state index is -0.376. The molecule has 1 aliphatic heterocycles. The second-order valence-electron chi connectivity index (χ2n) is 6.82. The van der Waals surface area contributed by atoms with Gasteiger partial charge in [-0.1, -0.05) is 13.0 Å². The average Bonchev–Trinajstić information content (AvgIpc) is 3.03. The van der Waals surface area contributed by atoms with Crippen molar-refractivity contribution in [1.29, 1.82) is 0 Å². The maximum Gasteiger partial charge on any atom is 0.332 e.